The molecular formula is C18H23N3O2. The molecule has 0 aliphatic carbocycles. The van der Waals surface area contributed by atoms with Gasteiger partial charge in [-0.1, -0.05) is 24.3 Å². The molecule has 1 amide bonds. The zero-order valence-electron chi connectivity index (χ0n) is 13.7. The quantitative estimate of drug-likeness (QED) is 0.825. The summed E-state index contributed by atoms with van der Waals surface area (Å²) in [6.07, 6.45) is 1.71. The third kappa shape index (κ3) is 4.79. The normalized spacial score (nSPS) is 12.5. The number of ether oxygens (including phenoxy) is 1. The molecule has 0 fully saturated rings. The maximum Gasteiger partial charge on any atom is 0.245 e. The Balaban J connectivity index is 2.08. The number of nitrogens with one attached hydrogen (secondary N) is 2. The van der Waals surface area contributed by atoms with Crippen molar-refractivity contribution in [2.45, 2.75) is 25.4 Å². The van der Waals surface area contributed by atoms with E-state index in [4.69, 9.17) is 4.74 Å². The van der Waals surface area contributed by atoms with Crippen molar-refractivity contribution in [1.82, 2.24) is 10.3 Å². The number of carbonyl (C=O) groups is 1. The van der Waals surface area contributed by atoms with Crippen LogP contribution in [0.25, 0.3) is 0 Å². The van der Waals surface area contributed by atoms with Crippen LogP contribution in [-0.2, 0) is 9.53 Å². The van der Waals surface area contributed by atoms with Gasteiger partial charge in [0.25, 0.3) is 0 Å². The minimum atomic E-state index is -0.762. The third-order valence-corrected chi connectivity index (χ3v) is 3.48. The zero-order chi connectivity index (χ0) is 16.7. The summed E-state index contributed by atoms with van der Waals surface area (Å²) in [6.45, 7) is 4.05. The lowest BCUT2D eigenvalue weighted by Crippen LogP contribution is -2.49. The summed E-state index contributed by atoms with van der Waals surface area (Å²) in [5.74, 6) is -0.117. The number of carbonyl (C=O) groups excluding carboxylic acids is 1. The summed E-state index contributed by atoms with van der Waals surface area (Å²) in [5.41, 5.74) is 0.911. The Kier molecular flexibility index (Phi) is 5.71. The van der Waals surface area contributed by atoms with Gasteiger partial charge in [-0.3, -0.25) is 9.78 Å². The third-order valence-electron chi connectivity index (χ3n) is 3.48. The van der Waals surface area contributed by atoms with Gasteiger partial charge in [0.1, 0.15) is 5.54 Å². The number of methoxy groups -OCH3 is 1. The number of amides is 1. The van der Waals surface area contributed by atoms with Gasteiger partial charge < -0.3 is 15.4 Å². The molecule has 0 radical (unpaired) electrons. The van der Waals surface area contributed by atoms with Crippen molar-refractivity contribution in [3.63, 3.8) is 0 Å². The van der Waals surface area contributed by atoms with E-state index in [0.717, 1.165) is 11.4 Å². The van der Waals surface area contributed by atoms with E-state index in [1.165, 1.54) is 0 Å². The van der Waals surface area contributed by atoms with Crippen LogP contribution in [0.1, 0.15) is 25.6 Å². The number of anilines is 1. The summed E-state index contributed by atoms with van der Waals surface area (Å²) in [7, 11) is 1.61. The van der Waals surface area contributed by atoms with Crippen molar-refractivity contribution in [1.29, 1.82) is 0 Å². The molecule has 122 valence electrons. The van der Waals surface area contributed by atoms with Gasteiger partial charge in [0.05, 0.1) is 18.3 Å². The monoisotopic (exact) mass is 313 g/mol. The Morgan fingerprint density at radius 2 is 1.87 bits per heavy atom. The molecule has 0 saturated carbocycles. The van der Waals surface area contributed by atoms with Gasteiger partial charge in [-0.05, 0) is 38.1 Å². The molecule has 23 heavy (non-hydrogen) atoms. The lowest BCUT2D eigenvalue weighted by Gasteiger charge is -2.29. The molecule has 0 bridgehead atoms. The molecule has 1 aromatic heterocycles. The Hall–Kier alpha value is -2.40. The smallest absolute Gasteiger partial charge is 0.245 e. The molecule has 0 unspecified atom stereocenters. The molecule has 5 heteroatoms. The number of pyridine rings is 1. The predicted molar refractivity (Wildman–Crippen MR) is 91.1 cm³/mol. The van der Waals surface area contributed by atoms with Crippen LogP contribution in [0.3, 0.4) is 0 Å². The van der Waals surface area contributed by atoms with E-state index in [1.54, 1.807) is 13.3 Å². The summed E-state index contributed by atoms with van der Waals surface area (Å²) < 4.78 is 5.22. The van der Waals surface area contributed by atoms with Crippen LogP contribution in [0.15, 0.2) is 54.7 Å². The predicted octanol–water partition coefficient (Wildman–Crippen LogP) is 2.78. The number of benzene rings is 1. The van der Waals surface area contributed by atoms with Gasteiger partial charge in [-0.2, -0.15) is 0 Å². The Morgan fingerprint density at radius 1 is 1.17 bits per heavy atom. The number of aromatic nitrogens is 1. The topological polar surface area (TPSA) is 63.2 Å². The second-order valence-corrected chi connectivity index (χ2v) is 5.85. The minimum Gasteiger partial charge on any atom is -0.382 e. The first-order chi connectivity index (χ1) is 11.0. The highest BCUT2D eigenvalue weighted by molar-refractivity contribution is 5.88. The molecule has 1 heterocycles. The summed E-state index contributed by atoms with van der Waals surface area (Å²) in [4.78, 5) is 17.0. The maximum atomic E-state index is 12.7. The van der Waals surface area contributed by atoms with Crippen LogP contribution in [0.5, 0.6) is 0 Å². The summed E-state index contributed by atoms with van der Waals surface area (Å²) in [5, 5.41) is 6.25. The van der Waals surface area contributed by atoms with E-state index >= 15 is 0 Å². The lowest BCUT2D eigenvalue weighted by molar-refractivity contribution is -0.125. The van der Waals surface area contributed by atoms with Crippen molar-refractivity contribution in [3.8, 4) is 0 Å². The first-order valence-electron chi connectivity index (χ1n) is 7.57. The highest BCUT2D eigenvalue weighted by Crippen LogP contribution is 2.17. The van der Waals surface area contributed by atoms with E-state index in [-0.39, 0.29) is 11.9 Å². The highest BCUT2D eigenvalue weighted by Gasteiger charge is 2.29. The van der Waals surface area contributed by atoms with Crippen molar-refractivity contribution < 1.29 is 9.53 Å². The number of hydrogen-bond donors (Lipinski definition) is 2. The highest BCUT2D eigenvalue weighted by atomic mass is 16.5. The van der Waals surface area contributed by atoms with E-state index in [1.807, 2.05) is 62.4 Å². The van der Waals surface area contributed by atoms with E-state index in [2.05, 4.69) is 15.6 Å². The van der Waals surface area contributed by atoms with Gasteiger partial charge in [0.2, 0.25) is 5.91 Å². The molecule has 0 saturated heterocycles. The molecule has 2 aromatic rings. The van der Waals surface area contributed by atoms with Crippen molar-refractivity contribution in [2.75, 3.05) is 19.0 Å². The first kappa shape index (κ1) is 17.0. The molecule has 1 aromatic carbocycles. The van der Waals surface area contributed by atoms with E-state index < -0.39 is 5.54 Å². The maximum absolute atomic E-state index is 12.7. The molecular weight excluding hydrogens is 290 g/mol. The zero-order valence-corrected chi connectivity index (χ0v) is 13.7. The molecule has 2 rings (SSSR count). The van der Waals surface area contributed by atoms with Crippen LogP contribution in [-0.4, -0.2) is 30.1 Å². The number of hydrogen-bond acceptors (Lipinski definition) is 4. The fourth-order valence-electron chi connectivity index (χ4n) is 2.23. The minimum absolute atomic E-state index is 0.117. The Labute approximate surface area is 137 Å². The fraction of sp³-hybridized carbons (Fsp3) is 0.333. The standard InChI is InChI=1S/C18H23N3O2/c1-18(2,21-14-9-5-4-6-10-14)17(22)20-16(13-23-3)15-11-7-8-12-19-15/h4-12,16,21H,13H2,1-3H3,(H,20,22)/t16-/m1/s1. The molecule has 0 spiro atoms. The second kappa shape index (κ2) is 7.74. The fourth-order valence-corrected chi connectivity index (χ4v) is 2.23. The van der Waals surface area contributed by atoms with Crippen molar-refractivity contribution in [2.24, 2.45) is 0 Å². The molecule has 5 nitrogen and oxygen atoms in total. The Bertz CT molecular complexity index is 615. The van der Waals surface area contributed by atoms with Crippen LogP contribution in [0, 0.1) is 0 Å². The number of para-hydroxylation sites is 1. The van der Waals surface area contributed by atoms with Crippen LogP contribution >= 0.6 is 0 Å². The van der Waals surface area contributed by atoms with Gasteiger partial charge in [-0.15, -0.1) is 0 Å². The second-order valence-electron chi connectivity index (χ2n) is 5.85. The van der Waals surface area contributed by atoms with Gasteiger partial charge >= 0.3 is 0 Å². The van der Waals surface area contributed by atoms with E-state index in [9.17, 15) is 4.79 Å². The van der Waals surface area contributed by atoms with Crippen LogP contribution in [0.4, 0.5) is 5.69 Å². The largest absolute Gasteiger partial charge is 0.382 e. The van der Waals surface area contributed by atoms with E-state index in [0.29, 0.717) is 6.61 Å². The molecule has 2 N–H and O–H groups in total. The lowest BCUT2D eigenvalue weighted by atomic mass is 10.0. The number of nitrogens with zero attached hydrogens (tertiary/aromatic N) is 1. The van der Waals surface area contributed by atoms with Crippen molar-refractivity contribution in [3.05, 3.63) is 60.4 Å². The molecule has 1 atom stereocenters. The van der Waals surface area contributed by atoms with Crippen molar-refractivity contribution >= 4 is 11.6 Å². The Morgan fingerprint density at radius 3 is 2.48 bits per heavy atom. The molecule has 0 aliphatic rings. The van der Waals surface area contributed by atoms with Crippen LogP contribution < -0.4 is 10.6 Å². The average Bonchev–Trinajstić information content (AvgIpc) is 2.55. The van der Waals surface area contributed by atoms with Gasteiger partial charge in [-0.25, -0.2) is 0 Å². The van der Waals surface area contributed by atoms with Crippen LogP contribution in [0.2, 0.25) is 0 Å². The summed E-state index contributed by atoms with van der Waals surface area (Å²) >= 11 is 0. The summed E-state index contributed by atoms with van der Waals surface area (Å²) in [6, 6.07) is 15.0. The first-order valence-corrected chi connectivity index (χ1v) is 7.57. The molecule has 0 aliphatic heterocycles. The SMILES string of the molecule is COC[C@@H](NC(=O)C(C)(C)Nc1ccccc1)c1ccccn1. The average molecular weight is 313 g/mol. The number of rotatable bonds is 7. The van der Waals surface area contributed by atoms with Gasteiger partial charge in [0, 0.05) is 19.0 Å². The van der Waals surface area contributed by atoms with Gasteiger partial charge in [0.15, 0.2) is 0 Å².